The molecule has 0 aliphatic heterocycles. The van der Waals surface area contributed by atoms with Crippen molar-refractivity contribution < 1.29 is 8.78 Å². The lowest BCUT2D eigenvalue weighted by atomic mass is 10.1. The van der Waals surface area contributed by atoms with Gasteiger partial charge in [-0.25, -0.2) is 8.78 Å². The number of hydrogen-bond donors (Lipinski definition) is 1. The first kappa shape index (κ1) is 13.1. The number of alkyl halides is 2. The first-order valence-corrected chi connectivity index (χ1v) is 5.61. The highest BCUT2D eigenvalue weighted by atomic mass is 19.3. The van der Waals surface area contributed by atoms with Crippen LogP contribution in [0.2, 0.25) is 0 Å². The van der Waals surface area contributed by atoms with Gasteiger partial charge in [0.2, 0.25) is 0 Å². The Kier molecular flexibility index (Phi) is 4.86. The highest BCUT2D eigenvalue weighted by molar-refractivity contribution is 5.11. The Hall–Kier alpha value is -0.970. The Morgan fingerprint density at radius 1 is 1.44 bits per heavy atom. The van der Waals surface area contributed by atoms with Gasteiger partial charge in [-0.3, -0.25) is 4.68 Å². The minimum Gasteiger partial charge on any atom is -0.305 e. The molecule has 0 aromatic carbocycles. The predicted octanol–water partition coefficient (Wildman–Crippen LogP) is 2.77. The second-order valence-electron chi connectivity index (χ2n) is 4.11. The van der Waals surface area contributed by atoms with Gasteiger partial charge in [-0.1, -0.05) is 6.92 Å². The molecular weight excluding hydrogens is 212 g/mol. The molecule has 3 nitrogen and oxygen atoms in total. The molecule has 0 saturated heterocycles. The van der Waals surface area contributed by atoms with Crippen LogP contribution in [0.25, 0.3) is 0 Å². The van der Waals surface area contributed by atoms with Crippen molar-refractivity contribution in [1.29, 1.82) is 0 Å². The number of rotatable bonds is 6. The fraction of sp³-hybridized carbons (Fsp3) is 0.727. The Labute approximate surface area is 94.8 Å². The lowest BCUT2D eigenvalue weighted by Gasteiger charge is -2.15. The highest BCUT2D eigenvalue weighted by Gasteiger charge is 2.23. The summed E-state index contributed by atoms with van der Waals surface area (Å²) >= 11 is 0. The van der Waals surface area contributed by atoms with Crippen LogP contribution in [0.4, 0.5) is 8.78 Å². The normalized spacial score (nSPS) is 13.7. The average molecular weight is 231 g/mol. The largest absolute Gasteiger partial charge is 0.305 e. The Morgan fingerprint density at radius 3 is 2.56 bits per heavy atom. The number of aromatic nitrogens is 2. The van der Waals surface area contributed by atoms with Crippen molar-refractivity contribution in [1.82, 2.24) is 15.1 Å². The van der Waals surface area contributed by atoms with E-state index < -0.39 is 12.5 Å². The zero-order valence-corrected chi connectivity index (χ0v) is 9.95. The average Bonchev–Trinajstić information content (AvgIpc) is 2.67. The summed E-state index contributed by atoms with van der Waals surface area (Å²) in [5.41, 5.74) is 0.553. The van der Waals surface area contributed by atoms with Crippen molar-refractivity contribution in [3.63, 3.8) is 0 Å². The van der Waals surface area contributed by atoms with Crippen molar-refractivity contribution in [2.24, 2.45) is 0 Å². The highest BCUT2D eigenvalue weighted by Crippen LogP contribution is 2.21. The van der Waals surface area contributed by atoms with Crippen molar-refractivity contribution in [3.05, 3.63) is 18.0 Å². The van der Waals surface area contributed by atoms with Crippen LogP contribution < -0.4 is 5.32 Å². The summed E-state index contributed by atoms with van der Waals surface area (Å²) in [5, 5.41) is 6.90. The molecule has 0 bridgehead atoms. The summed E-state index contributed by atoms with van der Waals surface area (Å²) in [6.07, 6.45) is 1.63. The van der Waals surface area contributed by atoms with Crippen molar-refractivity contribution in [2.75, 3.05) is 6.54 Å². The lowest BCUT2D eigenvalue weighted by Crippen LogP contribution is -2.27. The van der Waals surface area contributed by atoms with E-state index in [9.17, 15) is 8.78 Å². The topological polar surface area (TPSA) is 29.9 Å². The molecule has 1 unspecified atom stereocenters. The molecule has 0 aliphatic carbocycles. The van der Waals surface area contributed by atoms with Crippen LogP contribution in [-0.4, -0.2) is 22.8 Å². The van der Waals surface area contributed by atoms with Crippen molar-refractivity contribution in [2.45, 2.75) is 45.7 Å². The number of hydrogen-bond acceptors (Lipinski definition) is 2. The van der Waals surface area contributed by atoms with E-state index in [2.05, 4.69) is 10.4 Å². The third-order valence-corrected chi connectivity index (χ3v) is 2.38. The molecule has 0 saturated carbocycles. The second kappa shape index (κ2) is 5.94. The Balaban J connectivity index is 2.76. The zero-order chi connectivity index (χ0) is 12.1. The molecule has 0 fully saturated rings. The summed E-state index contributed by atoms with van der Waals surface area (Å²) in [7, 11) is 0. The van der Waals surface area contributed by atoms with Gasteiger partial charge in [0.05, 0.1) is 12.2 Å². The van der Waals surface area contributed by atoms with Gasteiger partial charge in [0.1, 0.15) is 0 Å². The summed E-state index contributed by atoms with van der Waals surface area (Å²) < 4.78 is 27.3. The molecule has 1 aromatic rings. The maximum atomic E-state index is 12.8. The quantitative estimate of drug-likeness (QED) is 0.815. The molecule has 5 heteroatoms. The first-order valence-electron chi connectivity index (χ1n) is 5.61. The van der Waals surface area contributed by atoms with E-state index >= 15 is 0 Å². The van der Waals surface area contributed by atoms with Gasteiger partial charge in [-0.05, 0) is 26.8 Å². The number of halogens is 2. The smallest absolute Gasteiger partial charge is 0.257 e. The standard InChI is InChI=1S/C11H19F2N3/c1-4-5-14-10(11(12)13)9-6-15-16(7-9)8(2)3/h6-8,10-11,14H,4-5H2,1-3H3. The minimum atomic E-state index is -2.41. The second-order valence-corrected chi connectivity index (χ2v) is 4.11. The predicted molar refractivity (Wildman–Crippen MR) is 59.7 cm³/mol. The van der Waals surface area contributed by atoms with Gasteiger partial charge in [0.25, 0.3) is 6.43 Å². The van der Waals surface area contributed by atoms with Gasteiger partial charge in [-0.2, -0.15) is 5.10 Å². The minimum absolute atomic E-state index is 0.193. The van der Waals surface area contributed by atoms with E-state index in [1.807, 2.05) is 20.8 Å². The Morgan fingerprint density at radius 2 is 2.12 bits per heavy atom. The number of nitrogens with one attached hydrogen (secondary N) is 1. The molecule has 1 atom stereocenters. The van der Waals surface area contributed by atoms with E-state index in [-0.39, 0.29) is 6.04 Å². The molecule has 0 spiro atoms. The van der Waals surface area contributed by atoms with Crippen LogP contribution >= 0.6 is 0 Å². The lowest BCUT2D eigenvalue weighted by molar-refractivity contribution is 0.0984. The maximum absolute atomic E-state index is 12.8. The number of nitrogens with zero attached hydrogens (tertiary/aromatic N) is 2. The summed E-state index contributed by atoms with van der Waals surface area (Å²) in [4.78, 5) is 0. The van der Waals surface area contributed by atoms with Crippen LogP contribution in [0.1, 0.15) is 44.8 Å². The van der Waals surface area contributed by atoms with E-state index in [4.69, 9.17) is 0 Å². The zero-order valence-electron chi connectivity index (χ0n) is 9.95. The van der Waals surface area contributed by atoms with E-state index in [0.717, 1.165) is 6.42 Å². The summed E-state index contributed by atoms with van der Waals surface area (Å²) in [6, 6.07) is -0.717. The van der Waals surface area contributed by atoms with Gasteiger partial charge >= 0.3 is 0 Å². The molecule has 0 amide bonds. The molecule has 1 N–H and O–H groups in total. The molecule has 0 aliphatic rings. The van der Waals surface area contributed by atoms with Gasteiger partial charge in [0, 0.05) is 17.8 Å². The molecular formula is C11H19F2N3. The van der Waals surface area contributed by atoms with Crippen LogP contribution in [-0.2, 0) is 0 Å². The fourth-order valence-electron chi connectivity index (χ4n) is 1.45. The third kappa shape index (κ3) is 3.27. The molecule has 1 aromatic heterocycles. The molecule has 16 heavy (non-hydrogen) atoms. The molecule has 1 rings (SSSR count). The van der Waals surface area contributed by atoms with E-state index in [1.165, 1.54) is 6.20 Å². The van der Waals surface area contributed by atoms with Gasteiger partial charge < -0.3 is 5.32 Å². The van der Waals surface area contributed by atoms with Crippen LogP contribution in [0.3, 0.4) is 0 Å². The Bertz CT molecular complexity index is 310. The van der Waals surface area contributed by atoms with Gasteiger partial charge in [-0.15, -0.1) is 0 Å². The van der Waals surface area contributed by atoms with Crippen molar-refractivity contribution >= 4 is 0 Å². The fourth-order valence-corrected chi connectivity index (χ4v) is 1.45. The van der Waals surface area contributed by atoms with Gasteiger partial charge in [0.15, 0.2) is 0 Å². The van der Waals surface area contributed by atoms with Crippen LogP contribution in [0, 0.1) is 0 Å². The van der Waals surface area contributed by atoms with E-state index in [1.54, 1.807) is 10.9 Å². The SMILES string of the molecule is CCCNC(c1cnn(C(C)C)c1)C(F)F. The molecule has 92 valence electrons. The van der Waals surface area contributed by atoms with Crippen LogP contribution in [0.15, 0.2) is 12.4 Å². The summed E-state index contributed by atoms with van der Waals surface area (Å²) in [6.45, 7) is 6.47. The third-order valence-electron chi connectivity index (χ3n) is 2.38. The van der Waals surface area contributed by atoms with Crippen LogP contribution in [0.5, 0.6) is 0 Å². The monoisotopic (exact) mass is 231 g/mol. The van der Waals surface area contributed by atoms with E-state index in [0.29, 0.717) is 12.1 Å². The molecule has 1 heterocycles. The van der Waals surface area contributed by atoms with Crippen molar-refractivity contribution in [3.8, 4) is 0 Å². The maximum Gasteiger partial charge on any atom is 0.257 e. The summed E-state index contributed by atoms with van der Waals surface area (Å²) in [5.74, 6) is 0. The first-order chi connectivity index (χ1) is 7.56. The molecule has 0 radical (unpaired) electrons.